The van der Waals surface area contributed by atoms with E-state index in [0.29, 0.717) is 24.9 Å². The van der Waals surface area contributed by atoms with Crippen molar-refractivity contribution in [2.24, 2.45) is 17.6 Å². The Morgan fingerprint density at radius 1 is 1.21 bits per heavy atom. The lowest BCUT2D eigenvalue weighted by Gasteiger charge is -2.36. The van der Waals surface area contributed by atoms with Gasteiger partial charge in [0.1, 0.15) is 11.8 Å². The Bertz CT molecular complexity index is 605. The van der Waals surface area contributed by atoms with E-state index in [-0.39, 0.29) is 24.2 Å². The number of aliphatic carboxylic acids is 1. The maximum atomic E-state index is 12.5. The Hall–Kier alpha value is -2.28. The van der Waals surface area contributed by atoms with Gasteiger partial charge in [-0.2, -0.15) is 0 Å². The molecule has 1 saturated carbocycles. The number of piperidine rings is 1. The van der Waals surface area contributed by atoms with Crippen molar-refractivity contribution in [3.63, 3.8) is 0 Å². The van der Waals surface area contributed by atoms with Gasteiger partial charge in [-0.15, -0.1) is 0 Å². The van der Waals surface area contributed by atoms with Gasteiger partial charge in [0.15, 0.2) is 0 Å². The number of carboxylic acids is 1. The molecule has 7 nitrogen and oxygen atoms in total. The second-order valence-electron chi connectivity index (χ2n) is 6.79. The molecule has 24 heavy (non-hydrogen) atoms. The maximum Gasteiger partial charge on any atom is 0.326 e. The third-order valence-corrected chi connectivity index (χ3v) is 5.17. The van der Waals surface area contributed by atoms with Crippen molar-refractivity contribution in [3.8, 4) is 5.75 Å². The summed E-state index contributed by atoms with van der Waals surface area (Å²) in [5.74, 6) is -0.326. The Morgan fingerprint density at radius 3 is 2.33 bits per heavy atom. The second-order valence-corrected chi connectivity index (χ2v) is 6.79. The summed E-state index contributed by atoms with van der Waals surface area (Å²) < 4.78 is 0. The van der Waals surface area contributed by atoms with Gasteiger partial charge in [-0.1, -0.05) is 12.1 Å². The van der Waals surface area contributed by atoms with E-state index in [1.54, 1.807) is 17.0 Å². The molecule has 1 aliphatic heterocycles. The second kappa shape index (κ2) is 6.68. The number of hydrogen-bond donors (Lipinski definition) is 4. The van der Waals surface area contributed by atoms with Crippen molar-refractivity contribution in [3.05, 3.63) is 29.8 Å². The third kappa shape index (κ3) is 3.46. The number of rotatable bonds is 4. The number of amides is 2. The quantitative estimate of drug-likeness (QED) is 0.649. The summed E-state index contributed by atoms with van der Waals surface area (Å²) >= 11 is 0. The van der Waals surface area contributed by atoms with Crippen molar-refractivity contribution in [2.45, 2.75) is 31.3 Å². The molecule has 1 unspecified atom stereocenters. The zero-order chi connectivity index (χ0) is 17.3. The largest absolute Gasteiger partial charge is 0.508 e. The molecule has 1 saturated heterocycles. The van der Waals surface area contributed by atoms with E-state index in [0.717, 1.165) is 18.4 Å². The number of urea groups is 1. The molecule has 2 bridgehead atoms. The Morgan fingerprint density at radius 2 is 1.79 bits per heavy atom. The van der Waals surface area contributed by atoms with Crippen LogP contribution in [-0.2, 0) is 11.2 Å². The molecule has 1 aromatic rings. The summed E-state index contributed by atoms with van der Waals surface area (Å²) in [5, 5.41) is 21.3. The van der Waals surface area contributed by atoms with Crippen LogP contribution >= 0.6 is 0 Å². The molecule has 2 amide bonds. The van der Waals surface area contributed by atoms with E-state index in [1.165, 1.54) is 12.1 Å². The van der Waals surface area contributed by atoms with Crippen LogP contribution in [0, 0.1) is 11.8 Å². The highest BCUT2D eigenvalue weighted by Gasteiger charge is 2.41. The Balaban J connectivity index is 1.62. The van der Waals surface area contributed by atoms with Crippen LogP contribution in [0.1, 0.15) is 18.4 Å². The molecule has 1 aromatic carbocycles. The Kier molecular flexibility index (Phi) is 4.62. The minimum Gasteiger partial charge on any atom is -0.508 e. The van der Waals surface area contributed by atoms with Crippen LogP contribution in [0.5, 0.6) is 5.75 Å². The predicted octanol–water partition coefficient (Wildman–Crippen LogP) is 0.767. The van der Waals surface area contributed by atoms with E-state index in [2.05, 4.69) is 5.32 Å². The topological polar surface area (TPSA) is 116 Å². The first-order valence-corrected chi connectivity index (χ1v) is 8.26. The number of nitrogens with zero attached hydrogens (tertiary/aromatic N) is 1. The van der Waals surface area contributed by atoms with Crippen molar-refractivity contribution < 1.29 is 19.8 Å². The van der Waals surface area contributed by atoms with Crippen molar-refractivity contribution in [1.82, 2.24) is 10.2 Å². The highest BCUT2D eigenvalue weighted by molar-refractivity contribution is 5.83. The number of hydrogen-bond acceptors (Lipinski definition) is 4. The van der Waals surface area contributed by atoms with Crippen molar-refractivity contribution in [2.75, 3.05) is 13.1 Å². The predicted molar refractivity (Wildman–Crippen MR) is 87.5 cm³/mol. The van der Waals surface area contributed by atoms with Crippen molar-refractivity contribution in [1.29, 1.82) is 0 Å². The van der Waals surface area contributed by atoms with E-state index in [1.807, 2.05) is 0 Å². The number of nitrogens with two attached hydrogens (primary N) is 1. The van der Waals surface area contributed by atoms with E-state index in [9.17, 15) is 19.8 Å². The molecule has 4 atom stereocenters. The van der Waals surface area contributed by atoms with Gasteiger partial charge in [-0.25, -0.2) is 9.59 Å². The van der Waals surface area contributed by atoms with Crippen LogP contribution in [0.4, 0.5) is 4.79 Å². The summed E-state index contributed by atoms with van der Waals surface area (Å²) in [6, 6.07) is 5.11. The van der Waals surface area contributed by atoms with Gasteiger partial charge in [0.05, 0.1) is 0 Å². The van der Waals surface area contributed by atoms with Crippen LogP contribution in [0.2, 0.25) is 0 Å². The fourth-order valence-corrected chi connectivity index (χ4v) is 3.74. The van der Waals surface area contributed by atoms with Gasteiger partial charge in [-0.3, -0.25) is 0 Å². The van der Waals surface area contributed by atoms with Gasteiger partial charge in [-0.05, 0) is 42.4 Å². The number of likely N-dealkylation sites (tertiary alicyclic amines) is 1. The van der Waals surface area contributed by atoms with Gasteiger partial charge in [0.25, 0.3) is 0 Å². The lowest BCUT2D eigenvalue weighted by Crippen LogP contribution is -2.56. The average Bonchev–Trinajstić information content (AvgIpc) is 2.76. The molecule has 3 rings (SSSR count). The highest BCUT2D eigenvalue weighted by atomic mass is 16.4. The number of carbonyl (C=O) groups is 2. The molecule has 130 valence electrons. The number of phenolic OH excluding ortho intramolecular Hbond substituents is 1. The van der Waals surface area contributed by atoms with Crippen LogP contribution in [0.3, 0.4) is 0 Å². The number of nitrogens with one attached hydrogen (secondary N) is 1. The van der Waals surface area contributed by atoms with Crippen LogP contribution < -0.4 is 11.1 Å². The summed E-state index contributed by atoms with van der Waals surface area (Å²) in [6.07, 6.45) is 2.23. The zero-order valence-corrected chi connectivity index (χ0v) is 13.4. The average molecular weight is 333 g/mol. The summed E-state index contributed by atoms with van der Waals surface area (Å²) in [6.45, 7) is 1.18. The smallest absolute Gasteiger partial charge is 0.326 e. The normalized spacial score (nSPS) is 26.9. The molecule has 0 radical (unpaired) electrons. The lowest BCUT2D eigenvalue weighted by molar-refractivity contribution is -0.139. The van der Waals surface area contributed by atoms with Gasteiger partial charge in [0, 0.05) is 25.6 Å². The SMILES string of the molecule is NC1[C@@H]2CC[C@H]1CN(C(=O)N[C@@H](Cc1ccc(O)cc1)C(=O)O)C2. The fourth-order valence-electron chi connectivity index (χ4n) is 3.74. The molecule has 5 N–H and O–H groups in total. The first kappa shape index (κ1) is 16.6. The lowest BCUT2D eigenvalue weighted by atomic mass is 9.93. The van der Waals surface area contributed by atoms with Crippen molar-refractivity contribution >= 4 is 12.0 Å². The summed E-state index contributed by atoms with van der Waals surface area (Å²) in [7, 11) is 0. The molecule has 0 spiro atoms. The molecule has 7 heteroatoms. The molecule has 2 fully saturated rings. The highest BCUT2D eigenvalue weighted by Crippen LogP contribution is 2.35. The number of aromatic hydroxyl groups is 1. The van der Waals surface area contributed by atoms with Crippen LogP contribution in [-0.4, -0.2) is 52.3 Å². The molecule has 0 aromatic heterocycles. The molecular weight excluding hydrogens is 310 g/mol. The standard InChI is InChI=1S/C17H23N3O4/c18-15-11-3-4-12(15)9-20(8-11)17(24)19-14(16(22)23)7-10-1-5-13(21)6-2-10/h1-2,5-6,11-12,14-15,21H,3-4,7-9,18H2,(H,19,24)(H,22,23)/t11-,12+,14-,15?/m0/s1. The van der Waals surface area contributed by atoms with E-state index >= 15 is 0 Å². The van der Waals surface area contributed by atoms with Crippen LogP contribution in [0.25, 0.3) is 0 Å². The third-order valence-electron chi connectivity index (χ3n) is 5.17. The summed E-state index contributed by atoms with van der Waals surface area (Å²) in [4.78, 5) is 25.6. The number of carbonyl (C=O) groups excluding carboxylic acids is 1. The first-order chi connectivity index (χ1) is 11.4. The minimum absolute atomic E-state index is 0.120. The maximum absolute atomic E-state index is 12.5. The van der Waals surface area contributed by atoms with E-state index < -0.39 is 12.0 Å². The molecule has 2 aliphatic rings. The summed E-state index contributed by atoms with van der Waals surface area (Å²) in [5.41, 5.74) is 6.87. The zero-order valence-electron chi connectivity index (χ0n) is 13.4. The van der Waals surface area contributed by atoms with Gasteiger partial charge < -0.3 is 26.2 Å². The van der Waals surface area contributed by atoms with E-state index in [4.69, 9.17) is 5.73 Å². The first-order valence-electron chi connectivity index (χ1n) is 8.26. The Labute approximate surface area is 140 Å². The molecule has 1 aliphatic carbocycles. The monoisotopic (exact) mass is 333 g/mol. The number of phenols is 1. The molecular formula is C17H23N3O4. The van der Waals surface area contributed by atoms with Gasteiger partial charge >= 0.3 is 12.0 Å². The number of benzene rings is 1. The van der Waals surface area contributed by atoms with Crippen LogP contribution in [0.15, 0.2) is 24.3 Å². The fraction of sp³-hybridized carbons (Fsp3) is 0.529. The number of carboxylic acid groups (broad SMARTS) is 1. The number of fused-ring (bicyclic) bond motifs is 2. The van der Waals surface area contributed by atoms with Gasteiger partial charge in [0.2, 0.25) is 0 Å². The minimum atomic E-state index is -1.08. The molecule has 1 heterocycles.